The number of rotatable bonds is 6. The van der Waals surface area contributed by atoms with E-state index in [1.165, 1.54) is 61.7 Å². The number of nitrogens with one attached hydrogen (secondary N) is 1. The Morgan fingerprint density at radius 2 is 1.94 bits per heavy atom. The van der Waals surface area contributed by atoms with Gasteiger partial charge in [0.1, 0.15) is 28.8 Å². The zero-order chi connectivity index (χ0) is 26.0. The topological polar surface area (TPSA) is 131 Å². The molecular formula is C23H18ClFN2O8S. The molecule has 1 aliphatic heterocycles. The molecule has 0 radical (unpaired) electrons. The van der Waals surface area contributed by atoms with Crippen molar-refractivity contribution in [3.8, 4) is 11.5 Å². The van der Waals surface area contributed by atoms with Gasteiger partial charge in [0, 0.05) is 16.3 Å². The molecule has 3 aromatic carbocycles. The SMILES string of the molecule is COc1ccc(Cl)cc1S(=O)(=O)N1CC(OC(=O)O)Oc2ccc(C(=O)Nc3cccc(F)c3)cc21. The van der Waals surface area contributed by atoms with Crippen molar-refractivity contribution in [1.29, 1.82) is 0 Å². The highest BCUT2D eigenvalue weighted by atomic mass is 35.5. The third-order valence-corrected chi connectivity index (χ3v) is 7.11. The molecule has 13 heteroatoms. The standard InChI is InChI=1S/C23H18ClFN2O8S/c1-33-19-8-6-14(24)10-20(19)36(31,32)27-12-21(35-23(29)30)34-18-7-5-13(9-17(18)27)22(28)26-16-4-2-3-15(25)11-16/h2-11,21H,12H2,1H3,(H,26,28)(H,29,30). The van der Waals surface area contributed by atoms with Crippen LogP contribution in [-0.4, -0.2) is 45.5 Å². The van der Waals surface area contributed by atoms with Gasteiger partial charge in [-0.25, -0.2) is 17.6 Å². The first-order chi connectivity index (χ1) is 17.1. The molecular weight excluding hydrogens is 519 g/mol. The molecule has 36 heavy (non-hydrogen) atoms. The highest BCUT2D eigenvalue weighted by Gasteiger charge is 2.38. The number of hydrogen-bond acceptors (Lipinski definition) is 7. The van der Waals surface area contributed by atoms with Gasteiger partial charge in [-0.2, -0.15) is 0 Å². The van der Waals surface area contributed by atoms with Crippen molar-refractivity contribution in [3.05, 3.63) is 77.1 Å². The minimum Gasteiger partial charge on any atom is -0.495 e. The lowest BCUT2D eigenvalue weighted by molar-refractivity contribution is -0.0497. The van der Waals surface area contributed by atoms with Crippen LogP contribution in [0.2, 0.25) is 5.02 Å². The molecule has 1 amide bonds. The summed E-state index contributed by atoms with van der Waals surface area (Å²) in [5.41, 5.74) is 0.156. The Kier molecular flexibility index (Phi) is 6.91. The molecule has 0 spiro atoms. The number of amides is 1. The van der Waals surface area contributed by atoms with E-state index in [0.29, 0.717) is 0 Å². The first kappa shape index (κ1) is 25.1. The molecule has 0 aliphatic carbocycles. The second-order valence-corrected chi connectivity index (χ2v) is 9.68. The average molecular weight is 537 g/mol. The minimum absolute atomic E-state index is 0.0110. The summed E-state index contributed by atoms with van der Waals surface area (Å²) in [6, 6.07) is 13.1. The predicted octanol–water partition coefficient (Wildman–Crippen LogP) is 4.35. The van der Waals surface area contributed by atoms with Gasteiger partial charge in [-0.05, 0) is 54.6 Å². The van der Waals surface area contributed by atoms with E-state index in [4.69, 9.17) is 26.2 Å². The number of ether oxygens (including phenoxy) is 3. The monoisotopic (exact) mass is 536 g/mol. The molecule has 0 aromatic heterocycles. The fourth-order valence-electron chi connectivity index (χ4n) is 3.51. The predicted molar refractivity (Wildman–Crippen MR) is 127 cm³/mol. The molecule has 0 bridgehead atoms. The maximum atomic E-state index is 13.7. The van der Waals surface area contributed by atoms with Crippen LogP contribution in [0.25, 0.3) is 0 Å². The van der Waals surface area contributed by atoms with Crippen LogP contribution < -0.4 is 19.1 Å². The highest BCUT2D eigenvalue weighted by molar-refractivity contribution is 7.93. The number of methoxy groups -OCH3 is 1. The molecule has 3 aromatic rings. The van der Waals surface area contributed by atoms with Crippen molar-refractivity contribution in [3.63, 3.8) is 0 Å². The first-order valence-electron chi connectivity index (χ1n) is 10.2. The summed E-state index contributed by atoms with van der Waals surface area (Å²) in [5.74, 6) is -1.27. The lowest BCUT2D eigenvalue weighted by atomic mass is 10.1. The van der Waals surface area contributed by atoms with Crippen molar-refractivity contribution in [2.75, 3.05) is 23.3 Å². The number of anilines is 2. The number of carbonyl (C=O) groups excluding carboxylic acids is 1. The molecule has 1 atom stereocenters. The molecule has 4 rings (SSSR count). The zero-order valence-corrected chi connectivity index (χ0v) is 20.0. The Balaban J connectivity index is 1.77. The zero-order valence-electron chi connectivity index (χ0n) is 18.5. The van der Waals surface area contributed by atoms with Gasteiger partial charge in [-0.15, -0.1) is 0 Å². The third-order valence-electron chi connectivity index (χ3n) is 5.07. The summed E-state index contributed by atoms with van der Waals surface area (Å²) in [6.45, 7) is -0.563. The molecule has 10 nitrogen and oxygen atoms in total. The number of halogens is 2. The Morgan fingerprint density at radius 1 is 1.17 bits per heavy atom. The Bertz CT molecular complexity index is 1450. The summed E-state index contributed by atoms with van der Waals surface area (Å²) in [7, 11) is -3.15. The van der Waals surface area contributed by atoms with Crippen molar-refractivity contribution in [2.45, 2.75) is 11.2 Å². The van der Waals surface area contributed by atoms with E-state index in [2.05, 4.69) is 10.1 Å². The van der Waals surface area contributed by atoms with E-state index in [1.54, 1.807) is 0 Å². The Morgan fingerprint density at radius 3 is 2.64 bits per heavy atom. The number of benzene rings is 3. The van der Waals surface area contributed by atoms with E-state index in [0.717, 1.165) is 10.4 Å². The smallest absolute Gasteiger partial charge is 0.495 e. The van der Waals surface area contributed by atoms with Crippen LogP contribution in [0.5, 0.6) is 11.5 Å². The van der Waals surface area contributed by atoms with E-state index in [9.17, 15) is 22.4 Å². The molecule has 1 unspecified atom stereocenters. The van der Waals surface area contributed by atoms with Crippen LogP contribution in [0.1, 0.15) is 10.4 Å². The van der Waals surface area contributed by atoms with Gasteiger partial charge in [-0.1, -0.05) is 17.7 Å². The number of carbonyl (C=O) groups is 2. The summed E-state index contributed by atoms with van der Waals surface area (Å²) >= 11 is 6.03. The molecule has 0 saturated carbocycles. The maximum Gasteiger partial charge on any atom is 0.508 e. The second kappa shape index (κ2) is 9.91. The normalized spacial score (nSPS) is 14.9. The lowest BCUT2D eigenvalue weighted by Crippen LogP contribution is -2.45. The molecule has 1 aliphatic rings. The summed E-state index contributed by atoms with van der Waals surface area (Å²) in [5, 5.41) is 11.7. The van der Waals surface area contributed by atoms with Gasteiger partial charge >= 0.3 is 6.16 Å². The van der Waals surface area contributed by atoms with E-state index in [-0.39, 0.29) is 38.4 Å². The van der Waals surface area contributed by atoms with Crippen molar-refractivity contribution in [1.82, 2.24) is 0 Å². The molecule has 0 saturated heterocycles. The van der Waals surface area contributed by atoms with Gasteiger partial charge in [0.05, 0.1) is 12.8 Å². The summed E-state index contributed by atoms with van der Waals surface area (Å²) in [6.07, 6.45) is -3.17. The number of hydrogen-bond donors (Lipinski definition) is 2. The van der Waals surface area contributed by atoms with Gasteiger partial charge in [0.2, 0.25) is 0 Å². The van der Waals surface area contributed by atoms with Crippen LogP contribution in [0.15, 0.2) is 65.6 Å². The number of sulfonamides is 1. The molecule has 2 N–H and O–H groups in total. The molecule has 188 valence electrons. The van der Waals surface area contributed by atoms with Crippen LogP contribution in [0.3, 0.4) is 0 Å². The lowest BCUT2D eigenvalue weighted by Gasteiger charge is -2.34. The van der Waals surface area contributed by atoms with Crippen LogP contribution in [-0.2, 0) is 14.8 Å². The highest BCUT2D eigenvalue weighted by Crippen LogP contribution is 2.40. The average Bonchev–Trinajstić information content (AvgIpc) is 2.82. The summed E-state index contributed by atoms with van der Waals surface area (Å²) in [4.78, 5) is 23.6. The van der Waals surface area contributed by atoms with E-state index < -0.39 is 40.7 Å². The van der Waals surface area contributed by atoms with Gasteiger partial charge < -0.3 is 24.6 Å². The van der Waals surface area contributed by atoms with Gasteiger partial charge in [0.25, 0.3) is 22.2 Å². The Hall–Kier alpha value is -4.03. The molecule has 0 fully saturated rings. The number of nitrogens with zero attached hydrogens (tertiary/aromatic N) is 1. The largest absolute Gasteiger partial charge is 0.508 e. The number of fused-ring (bicyclic) bond motifs is 1. The van der Waals surface area contributed by atoms with Crippen LogP contribution >= 0.6 is 11.6 Å². The maximum absolute atomic E-state index is 13.7. The van der Waals surface area contributed by atoms with E-state index >= 15 is 0 Å². The second-order valence-electron chi connectivity index (χ2n) is 7.41. The van der Waals surface area contributed by atoms with Crippen LogP contribution in [0.4, 0.5) is 20.6 Å². The third kappa shape index (κ3) is 5.14. The van der Waals surface area contributed by atoms with Gasteiger partial charge in [0.15, 0.2) is 0 Å². The van der Waals surface area contributed by atoms with Crippen molar-refractivity contribution < 1.29 is 41.7 Å². The van der Waals surface area contributed by atoms with Crippen molar-refractivity contribution >= 4 is 45.1 Å². The molecule has 1 heterocycles. The van der Waals surface area contributed by atoms with Crippen molar-refractivity contribution in [2.24, 2.45) is 0 Å². The van der Waals surface area contributed by atoms with Crippen LogP contribution in [0, 0.1) is 5.82 Å². The minimum atomic E-state index is -4.43. The number of carboxylic acid groups (broad SMARTS) is 1. The quantitative estimate of drug-likeness (QED) is 0.444. The van der Waals surface area contributed by atoms with E-state index in [1.807, 2.05) is 0 Å². The summed E-state index contributed by atoms with van der Waals surface area (Å²) < 4.78 is 57.1. The van der Waals surface area contributed by atoms with Gasteiger partial charge in [-0.3, -0.25) is 9.10 Å². The first-order valence-corrected chi connectivity index (χ1v) is 12.0. The fraction of sp³-hybridized carbons (Fsp3) is 0.130. The fourth-order valence-corrected chi connectivity index (χ4v) is 5.38. The Labute approximate surface area is 209 Å².